The molecule has 1 aromatic carbocycles. The van der Waals surface area contributed by atoms with Crippen molar-refractivity contribution in [2.75, 3.05) is 5.73 Å². The van der Waals surface area contributed by atoms with Crippen molar-refractivity contribution in [3.05, 3.63) is 42.6 Å². The number of nitrogen functional groups attached to an aromatic ring is 1. The van der Waals surface area contributed by atoms with Gasteiger partial charge in [0.1, 0.15) is 11.6 Å². The Hall–Kier alpha value is -2.03. The Balaban J connectivity index is 2.50. The number of hydrogen-bond donors (Lipinski definition) is 2. The lowest BCUT2D eigenvalue weighted by Gasteiger charge is -2.03. The van der Waals surface area contributed by atoms with Gasteiger partial charge in [-0.25, -0.2) is 4.98 Å². The minimum Gasteiger partial charge on any atom is -0.507 e. The number of aromatic hydroxyl groups is 1. The molecule has 3 heteroatoms. The molecule has 2 aromatic rings. The van der Waals surface area contributed by atoms with Crippen LogP contribution in [0.25, 0.3) is 11.1 Å². The fourth-order valence-corrected chi connectivity index (χ4v) is 1.28. The van der Waals surface area contributed by atoms with Gasteiger partial charge in [0.2, 0.25) is 0 Å². The molecule has 0 fully saturated rings. The van der Waals surface area contributed by atoms with E-state index in [0.29, 0.717) is 5.82 Å². The highest BCUT2D eigenvalue weighted by atomic mass is 16.3. The van der Waals surface area contributed by atoms with Crippen LogP contribution >= 0.6 is 0 Å². The number of anilines is 1. The van der Waals surface area contributed by atoms with E-state index in [1.807, 2.05) is 18.2 Å². The molecule has 1 heterocycles. The summed E-state index contributed by atoms with van der Waals surface area (Å²) in [5.74, 6) is 0.725. The first-order valence-electron chi connectivity index (χ1n) is 4.27. The number of pyridine rings is 1. The first kappa shape index (κ1) is 8.56. The van der Waals surface area contributed by atoms with Gasteiger partial charge in [-0.2, -0.15) is 0 Å². The molecule has 0 atom stereocenters. The van der Waals surface area contributed by atoms with E-state index in [-0.39, 0.29) is 5.75 Å². The summed E-state index contributed by atoms with van der Waals surface area (Å²) in [4.78, 5) is 3.96. The van der Waals surface area contributed by atoms with Gasteiger partial charge in [0, 0.05) is 17.3 Å². The standard InChI is InChI=1S/C11H10N2O/c12-11-6-5-8(7-13-11)9-3-1-2-4-10(9)14/h1-7,14H,(H2,12,13). The second-order valence-electron chi connectivity index (χ2n) is 2.99. The topological polar surface area (TPSA) is 59.1 Å². The van der Waals surface area contributed by atoms with Gasteiger partial charge in [0.15, 0.2) is 0 Å². The Labute approximate surface area is 81.8 Å². The largest absolute Gasteiger partial charge is 0.507 e. The number of phenolic OH excluding ortho intramolecular Hbond substituents is 1. The maximum absolute atomic E-state index is 9.57. The van der Waals surface area contributed by atoms with Gasteiger partial charge in [-0.05, 0) is 18.2 Å². The lowest BCUT2D eigenvalue weighted by Crippen LogP contribution is -1.88. The van der Waals surface area contributed by atoms with Gasteiger partial charge in [-0.1, -0.05) is 18.2 Å². The Kier molecular flexibility index (Phi) is 2.07. The molecule has 0 saturated carbocycles. The molecule has 0 unspecified atom stereocenters. The van der Waals surface area contributed by atoms with Gasteiger partial charge >= 0.3 is 0 Å². The Morgan fingerprint density at radius 3 is 2.50 bits per heavy atom. The van der Waals surface area contributed by atoms with Crippen LogP contribution < -0.4 is 5.73 Å². The zero-order valence-electron chi connectivity index (χ0n) is 7.51. The molecule has 0 aliphatic carbocycles. The SMILES string of the molecule is Nc1ccc(-c2ccccc2O)cn1. The van der Waals surface area contributed by atoms with E-state index in [9.17, 15) is 5.11 Å². The Morgan fingerprint density at radius 1 is 1.07 bits per heavy atom. The van der Waals surface area contributed by atoms with Crippen LogP contribution in [0.3, 0.4) is 0 Å². The third kappa shape index (κ3) is 1.52. The van der Waals surface area contributed by atoms with Crippen molar-refractivity contribution < 1.29 is 5.11 Å². The number of benzene rings is 1. The summed E-state index contributed by atoms with van der Waals surface area (Å²) in [6.07, 6.45) is 1.64. The van der Waals surface area contributed by atoms with Crippen molar-refractivity contribution in [3.8, 4) is 16.9 Å². The van der Waals surface area contributed by atoms with E-state index in [0.717, 1.165) is 11.1 Å². The summed E-state index contributed by atoms with van der Waals surface area (Å²) >= 11 is 0. The fourth-order valence-electron chi connectivity index (χ4n) is 1.28. The highest BCUT2D eigenvalue weighted by molar-refractivity contribution is 5.69. The van der Waals surface area contributed by atoms with Crippen molar-refractivity contribution in [3.63, 3.8) is 0 Å². The van der Waals surface area contributed by atoms with Gasteiger partial charge < -0.3 is 10.8 Å². The lowest BCUT2D eigenvalue weighted by molar-refractivity contribution is 0.477. The molecular formula is C11H10N2O. The second-order valence-corrected chi connectivity index (χ2v) is 2.99. The van der Waals surface area contributed by atoms with Crippen molar-refractivity contribution in [1.82, 2.24) is 4.98 Å². The quantitative estimate of drug-likeness (QED) is 0.716. The van der Waals surface area contributed by atoms with Crippen molar-refractivity contribution in [2.45, 2.75) is 0 Å². The van der Waals surface area contributed by atoms with Crippen LogP contribution in [0.1, 0.15) is 0 Å². The van der Waals surface area contributed by atoms with Crippen LogP contribution in [-0.2, 0) is 0 Å². The maximum atomic E-state index is 9.57. The molecule has 14 heavy (non-hydrogen) atoms. The maximum Gasteiger partial charge on any atom is 0.123 e. The fraction of sp³-hybridized carbons (Fsp3) is 0. The summed E-state index contributed by atoms with van der Waals surface area (Å²) in [5.41, 5.74) is 7.09. The molecule has 1 aromatic heterocycles. The molecule has 2 rings (SSSR count). The van der Waals surface area contributed by atoms with Crippen LogP contribution in [0.2, 0.25) is 0 Å². The average molecular weight is 186 g/mol. The zero-order chi connectivity index (χ0) is 9.97. The van der Waals surface area contributed by atoms with Gasteiger partial charge in [0.25, 0.3) is 0 Å². The van der Waals surface area contributed by atoms with E-state index in [4.69, 9.17) is 5.73 Å². The molecule has 0 aliphatic heterocycles. The van der Waals surface area contributed by atoms with Gasteiger partial charge in [0.05, 0.1) is 0 Å². The molecular weight excluding hydrogens is 176 g/mol. The van der Waals surface area contributed by atoms with Crippen molar-refractivity contribution in [2.24, 2.45) is 0 Å². The molecule has 0 aliphatic rings. The van der Waals surface area contributed by atoms with E-state index in [2.05, 4.69) is 4.98 Å². The van der Waals surface area contributed by atoms with Crippen LogP contribution in [0.5, 0.6) is 5.75 Å². The molecule has 0 spiro atoms. The van der Waals surface area contributed by atoms with Crippen LogP contribution in [-0.4, -0.2) is 10.1 Å². The van der Waals surface area contributed by atoms with E-state index in [1.165, 1.54) is 0 Å². The lowest BCUT2D eigenvalue weighted by atomic mass is 10.1. The molecule has 3 N–H and O–H groups in total. The number of hydrogen-bond acceptors (Lipinski definition) is 3. The minimum atomic E-state index is 0.249. The van der Waals surface area contributed by atoms with Crippen molar-refractivity contribution >= 4 is 5.82 Å². The first-order chi connectivity index (χ1) is 6.77. The number of aromatic nitrogens is 1. The summed E-state index contributed by atoms with van der Waals surface area (Å²) in [6, 6.07) is 10.7. The number of phenols is 1. The predicted molar refractivity (Wildman–Crippen MR) is 55.8 cm³/mol. The number of nitrogens with two attached hydrogens (primary N) is 1. The van der Waals surface area contributed by atoms with Crippen LogP contribution in [0, 0.1) is 0 Å². The molecule has 0 radical (unpaired) electrons. The number of nitrogens with zero attached hydrogens (tertiary/aromatic N) is 1. The normalized spacial score (nSPS) is 10.0. The van der Waals surface area contributed by atoms with E-state index < -0.39 is 0 Å². The Bertz CT molecular complexity index is 437. The summed E-state index contributed by atoms with van der Waals surface area (Å²) in [5, 5.41) is 9.57. The highest BCUT2D eigenvalue weighted by Gasteiger charge is 2.02. The highest BCUT2D eigenvalue weighted by Crippen LogP contribution is 2.27. The summed E-state index contributed by atoms with van der Waals surface area (Å²) < 4.78 is 0. The molecule has 70 valence electrons. The molecule has 0 bridgehead atoms. The average Bonchev–Trinajstić information content (AvgIpc) is 2.20. The monoisotopic (exact) mass is 186 g/mol. The Morgan fingerprint density at radius 2 is 1.86 bits per heavy atom. The smallest absolute Gasteiger partial charge is 0.123 e. The third-order valence-electron chi connectivity index (χ3n) is 2.00. The molecule has 0 saturated heterocycles. The van der Waals surface area contributed by atoms with Crippen LogP contribution in [0.15, 0.2) is 42.6 Å². The van der Waals surface area contributed by atoms with Crippen molar-refractivity contribution in [1.29, 1.82) is 0 Å². The van der Waals surface area contributed by atoms with Crippen LogP contribution in [0.4, 0.5) is 5.82 Å². The number of para-hydroxylation sites is 1. The zero-order valence-corrected chi connectivity index (χ0v) is 7.51. The summed E-state index contributed by atoms with van der Waals surface area (Å²) in [7, 11) is 0. The molecule has 3 nitrogen and oxygen atoms in total. The number of rotatable bonds is 1. The summed E-state index contributed by atoms with van der Waals surface area (Å²) in [6.45, 7) is 0. The third-order valence-corrected chi connectivity index (χ3v) is 2.00. The predicted octanol–water partition coefficient (Wildman–Crippen LogP) is 2.04. The second kappa shape index (κ2) is 3.38. The van der Waals surface area contributed by atoms with Gasteiger partial charge in [-0.3, -0.25) is 0 Å². The minimum absolute atomic E-state index is 0.249. The van der Waals surface area contributed by atoms with E-state index >= 15 is 0 Å². The van der Waals surface area contributed by atoms with Gasteiger partial charge in [-0.15, -0.1) is 0 Å². The molecule has 0 amide bonds. The van der Waals surface area contributed by atoms with E-state index in [1.54, 1.807) is 24.4 Å². The first-order valence-corrected chi connectivity index (χ1v) is 4.27.